The summed E-state index contributed by atoms with van der Waals surface area (Å²) in [5.74, 6) is 0.730. The van der Waals surface area contributed by atoms with Crippen molar-refractivity contribution in [3.63, 3.8) is 0 Å². The van der Waals surface area contributed by atoms with Crippen molar-refractivity contribution in [1.29, 1.82) is 0 Å². The highest BCUT2D eigenvalue weighted by Gasteiger charge is 2.23. The summed E-state index contributed by atoms with van der Waals surface area (Å²) >= 11 is 0. The van der Waals surface area contributed by atoms with Crippen molar-refractivity contribution in [2.24, 2.45) is 0 Å². The van der Waals surface area contributed by atoms with Gasteiger partial charge >= 0.3 is 0 Å². The molecule has 0 saturated carbocycles. The van der Waals surface area contributed by atoms with Gasteiger partial charge in [0.15, 0.2) is 0 Å². The Morgan fingerprint density at radius 1 is 1.31 bits per heavy atom. The van der Waals surface area contributed by atoms with Gasteiger partial charge in [-0.15, -0.1) is 0 Å². The minimum absolute atomic E-state index is 0.0339. The second-order valence-corrected chi connectivity index (χ2v) is 6.68. The molecular weight excluding hydrogens is 332 g/mol. The molecule has 7 heteroatoms. The van der Waals surface area contributed by atoms with E-state index < -0.39 is 6.10 Å². The molecule has 7 nitrogen and oxygen atoms in total. The maximum atomic E-state index is 13.0. The highest BCUT2D eigenvalue weighted by Crippen LogP contribution is 2.24. The minimum atomic E-state index is -0.609. The summed E-state index contributed by atoms with van der Waals surface area (Å²) in [5.41, 5.74) is 3.07. The number of aromatic amines is 1. The molecule has 0 unspecified atom stereocenters. The van der Waals surface area contributed by atoms with Crippen LogP contribution in [0.25, 0.3) is 10.9 Å². The number of rotatable bonds is 3. The Hall–Kier alpha value is -2.80. The quantitative estimate of drug-likeness (QED) is 0.757. The van der Waals surface area contributed by atoms with Crippen LogP contribution in [0.1, 0.15) is 41.3 Å². The molecule has 2 aromatic heterocycles. The van der Waals surface area contributed by atoms with Gasteiger partial charge in [-0.1, -0.05) is 0 Å². The van der Waals surface area contributed by atoms with Crippen LogP contribution in [0, 0.1) is 0 Å². The molecule has 0 saturated heterocycles. The number of carbonyl (C=O) groups is 1. The first kappa shape index (κ1) is 16.7. The molecule has 1 amide bonds. The van der Waals surface area contributed by atoms with E-state index in [-0.39, 0.29) is 5.91 Å². The fraction of sp³-hybridized carbons (Fsp3) is 0.368. The third kappa shape index (κ3) is 2.94. The van der Waals surface area contributed by atoms with Crippen molar-refractivity contribution >= 4 is 16.8 Å². The van der Waals surface area contributed by atoms with Crippen LogP contribution < -0.4 is 4.74 Å². The number of H-pyrrole nitrogens is 1. The standard InChI is InChI=1S/C19H22N4O3/c1-12(24)17-10-14-11-22(6-3-7-23(14)21-17)19(25)18-9-13-8-15(26-2)4-5-16(13)20-18/h4-5,8-10,12,20,24H,3,6-7,11H2,1-2H3/t12-/m1/s1. The third-order valence-electron chi connectivity index (χ3n) is 4.81. The summed E-state index contributed by atoms with van der Waals surface area (Å²) in [7, 11) is 1.63. The Morgan fingerprint density at radius 2 is 2.15 bits per heavy atom. The molecule has 4 rings (SSSR count). The van der Waals surface area contributed by atoms with Crippen LogP contribution in [-0.4, -0.2) is 44.3 Å². The number of methoxy groups -OCH3 is 1. The zero-order chi connectivity index (χ0) is 18.3. The smallest absolute Gasteiger partial charge is 0.270 e. The number of aryl methyl sites for hydroxylation is 1. The summed E-state index contributed by atoms with van der Waals surface area (Å²) in [4.78, 5) is 18.0. The van der Waals surface area contributed by atoms with Gasteiger partial charge in [0.1, 0.15) is 11.4 Å². The van der Waals surface area contributed by atoms with Gasteiger partial charge in [0.05, 0.1) is 31.1 Å². The third-order valence-corrected chi connectivity index (χ3v) is 4.81. The van der Waals surface area contributed by atoms with E-state index in [0.717, 1.165) is 35.3 Å². The first-order chi connectivity index (χ1) is 12.5. The van der Waals surface area contributed by atoms with Crippen molar-refractivity contribution in [3.8, 4) is 5.75 Å². The number of nitrogens with zero attached hydrogens (tertiary/aromatic N) is 3. The molecule has 136 valence electrons. The first-order valence-electron chi connectivity index (χ1n) is 8.76. The van der Waals surface area contributed by atoms with Crippen LogP contribution in [0.15, 0.2) is 30.3 Å². The van der Waals surface area contributed by atoms with Crippen LogP contribution in [0.5, 0.6) is 5.75 Å². The highest BCUT2D eigenvalue weighted by atomic mass is 16.5. The number of aliphatic hydroxyl groups is 1. The summed E-state index contributed by atoms with van der Waals surface area (Å²) in [6, 6.07) is 9.44. The molecule has 1 aromatic carbocycles. The number of fused-ring (bicyclic) bond motifs is 2. The molecule has 1 aliphatic rings. The summed E-state index contributed by atoms with van der Waals surface area (Å²) in [6.07, 6.45) is 0.218. The zero-order valence-electron chi connectivity index (χ0n) is 14.9. The molecule has 3 aromatic rings. The van der Waals surface area contributed by atoms with Gasteiger partial charge in [0, 0.05) is 24.0 Å². The predicted octanol–water partition coefficient (Wildman–Crippen LogP) is 2.47. The highest BCUT2D eigenvalue weighted by molar-refractivity contribution is 5.98. The lowest BCUT2D eigenvalue weighted by Gasteiger charge is -2.19. The molecule has 0 radical (unpaired) electrons. The Bertz CT molecular complexity index is 957. The summed E-state index contributed by atoms with van der Waals surface area (Å²) < 4.78 is 7.14. The minimum Gasteiger partial charge on any atom is -0.497 e. The normalized spacial score (nSPS) is 15.6. The Morgan fingerprint density at radius 3 is 2.92 bits per heavy atom. The lowest BCUT2D eigenvalue weighted by molar-refractivity contribution is 0.0741. The van der Waals surface area contributed by atoms with E-state index >= 15 is 0 Å². The van der Waals surface area contributed by atoms with Crippen LogP contribution in [0.4, 0.5) is 0 Å². The number of hydrogen-bond acceptors (Lipinski definition) is 4. The molecular formula is C19H22N4O3. The van der Waals surface area contributed by atoms with E-state index in [1.54, 1.807) is 14.0 Å². The SMILES string of the molecule is COc1ccc2[nH]c(C(=O)N3CCCn4nc([C@@H](C)O)cc4C3)cc2c1. The van der Waals surface area contributed by atoms with E-state index in [9.17, 15) is 9.90 Å². The predicted molar refractivity (Wildman–Crippen MR) is 97.1 cm³/mol. The molecule has 0 fully saturated rings. The summed E-state index contributed by atoms with van der Waals surface area (Å²) in [5, 5.41) is 15.1. The van der Waals surface area contributed by atoms with E-state index in [1.165, 1.54) is 0 Å². The zero-order valence-corrected chi connectivity index (χ0v) is 14.9. The fourth-order valence-electron chi connectivity index (χ4n) is 3.39. The number of hydrogen-bond donors (Lipinski definition) is 2. The number of amides is 1. The number of carbonyl (C=O) groups excluding carboxylic acids is 1. The van der Waals surface area contributed by atoms with Crippen molar-refractivity contribution in [1.82, 2.24) is 19.7 Å². The molecule has 1 aliphatic heterocycles. The lowest BCUT2D eigenvalue weighted by atomic mass is 10.2. The molecule has 26 heavy (non-hydrogen) atoms. The molecule has 3 heterocycles. The van der Waals surface area contributed by atoms with E-state index in [4.69, 9.17) is 4.74 Å². The van der Waals surface area contributed by atoms with Crippen LogP contribution in [0.3, 0.4) is 0 Å². The molecule has 0 bridgehead atoms. The van der Waals surface area contributed by atoms with Crippen LogP contribution in [0.2, 0.25) is 0 Å². The number of benzene rings is 1. The monoisotopic (exact) mass is 354 g/mol. The van der Waals surface area contributed by atoms with Crippen molar-refractivity contribution in [2.45, 2.75) is 32.5 Å². The van der Waals surface area contributed by atoms with Gasteiger partial charge in [-0.05, 0) is 43.7 Å². The largest absolute Gasteiger partial charge is 0.497 e. The van der Waals surface area contributed by atoms with Gasteiger partial charge in [0.25, 0.3) is 5.91 Å². The fourth-order valence-corrected chi connectivity index (χ4v) is 3.39. The van der Waals surface area contributed by atoms with Crippen molar-refractivity contribution in [2.75, 3.05) is 13.7 Å². The molecule has 0 aliphatic carbocycles. The van der Waals surface area contributed by atoms with Gasteiger partial charge in [-0.2, -0.15) is 5.10 Å². The van der Waals surface area contributed by atoms with Crippen molar-refractivity contribution in [3.05, 3.63) is 47.4 Å². The van der Waals surface area contributed by atoms with Crippen LogP contribution >= 0.6 is 0 Å². The molecule has 0 spiro atoms. The Balaban J connectivity index is 1.61. The maximum absolute atomic E-state index is 13.0. The van der Waals surface area contributed by atoms with Gasteiger partial charge in [-0.25, -0.2) is 0 Å². The van der Waals surface area contributed by atoms with Gasteiger partial charge in [0.2, 0.25) is 0 Å². The number of aliphatic hydroxyl groups excluding tert-OH is 1. The first-order valence-corrected chi connectivity index (χ1v) is 8.76. The van der Waals surface area contributed by atoms with Gasteiger partial charge in [-0.3, -0.25) is 9.48 Å². The van der Waals surface area contributed by atoms with E-state index in [0.29, 0.717) is 24.5 Å². The summed E-state index contributed by atoms with van der Waals surface area (Å²) in [6.45, 7) is 3.60. The Kier molecular flexibility index (Phi) is 4.16. The van der Waals surface area contributed by atoms with Crippen LogP contribution in [-0.2, 0) is 13.1 Å². The molecule has 2 N–H and O–H groups in total. The maximum Gasteiger partial charge on any atom is 0.270 e. The second-order valence-electron chi connectivity index (χ2n) is 6.68. The number of aromatic nitrogens is 3. The van der Waals surface area contributed by atoms with Crippen molar-refractivity contribution < 1.29 is 14.6 Å². The Labute approximate surface area is 151 Å². The molecule has 1 atom stereocenters. The second kappa shape index (κ2) is 6.49. The average molecular weight is 354 g/mol. The lowest BCUT2D eigenvalue weighted by Crippen LogP contribution is -2.30. The number of nitrogens with one attached hydrogen (secondary N) is 1. The topological polar surface area (TPSA) is 83.4 Å². The van der Waals surface area contributed by atoms with E-state index in [2.05, 4.69) is 10.1 Å². The number of ether oxygens (including phenoxy) is 1. The van der Waals surface area contributed by atoms with E-state index in [1.807, 2.05) is 39.9 Å². The average Bonchev–Trinajstić information content (AvgIpc) is 3.19. The van der Waals surface area contributed by atoms with Gasteiger partial charge < -0.3 is 19.7 Å².